The Hall–Kier alpha value is -2.22. The van der Waals surface area contributed by atoms with Gasteiger partial charge in [0.05, 0.1) is 12.4 Å². The molecule has 1 heterocycles. The van der Waals surface area contributed by atoms with Gasteiger partial charge in [0.2, 0.25) is 11.1 Å². The number of carbonyl (C=O) groups excluding carboxylic acids is 1. The summed E-state index contributed by atoms with van der Waals surface area (Å²) in [6, 6.07) is 7.59. The highest BCUT2D eigenvalue weighted by molar-refractivity contribution is 8.00. The topological polar surface area (TPSA) is 95.1 Å². The third-order valence-corrected chi connectivity index (χ3v) is 4.97. The van der Waals surface area contributed by atoms with E-state index in [1.807, 2.05) is 31.2 Å². The standard InChI is InChI=1S/C16H21N5O2S/c1-10(24-16-20-19-14(21(16)17)12-5-6-12)15(22)18-9-11-3-7-13(23-2)8-4-11/h3-4,7-8,10,12H,5-6,9,17H2,1-2H3,(H,18,22)/t10-/m0/s1. The molecule has 0 spiro atoms. The Morgan fingerprint density at radius 2 is 2.12 bits per heavy atom. The number of nitrogen functional groups attached to an aromatic ring is 1. The minimum absolute atomic E-state index is 0.0632. The third kappa shape index (κ3) is 3.81. The Morgan fingerprint density at radius 3 is 2.75 bits per heavy atom. The lowest BCUT2D eigenvalue weighted by Crippen LogP contribution is -2.30. The highest BCUT2D eigenvalue weighted by atomic mass is 32.2. The zero-order valence-electron chi connectivity index (χ0n) is 13.7. The van der Waals surface area contributed by atoms with Crippen LogP contribution >= 0.6 is 11.8 Å². The van der Waals surface area contributed by atoms with E-state index in [0.717, 1.165) is 30.0 Å². The number of carbonyl (C=O) groups is 1. The van der Waals surface area contributed by atoms with Gasteiger partial charge in [0, 0.05) is 12.5 Å². The van der Waals surface area contributed by atoms with E-state index in [0.29, 0.717) is 17.6 Å². The molecule has 8 heteroatoms. The van der Waals surface area contributed by atoms with Crippen LogP contribution in [-0.4, -0.2) is 33.1 Å². The Kier molecular flexibility index (Phi) is 4.94. The van der Waals surface area contributed by atoms with Crippen molar-refractivity contribution in [1.29, 1.82) is 0 Å². The van der Waals surface area contributed by atoms with Crippen molar-refractivity contribution in [3.63, 3.8) is 0 Å². The van der Waals surface area contributed by atoms with E-state index in [4.69, 9.17) is 10.6 Å². The molecule has 3 N–H and O–H groups in total. The van der Waals surface area contributed by atoms with Crippen LogP contribution in [0.25, 0.3) is 0 Å². The van der Waals surface area contributed by atoms with Gasteiger partial charge in [0.25, 0.3) is 0 Å². The molecule has 1 aliphatic rings. The molecule has 3 rings (SSSR count). The van der Waals surface area contributed by atoms with Gasteiger partial charge in [-0.1, -0.05) is 23.9 Å². The van der Waals surface area contributed by atoms with Gasteiger partial charge in [-0.15, -0.1) is 10.2 Å². The quantitative estimate of drug-likeness (QED) is 0.584. The first kappa shape index (κ1) is 16.6. The molecule has 0 saturated heterocycles. The second kappa shape index (κ2) is 7.12. The highest BCUT2D eigenvalue weighted by Gasteiger charge is 2.30. The van der Waals surface area contributed by atoms with Crippen LogP contribution in [0.15, 0.2) is 29.4 Å². The van der Waals surface area contributed by atoms with Crippen molar-refractivity contribution in [3.05, 3.63) is 35.7 Å². The monoisotopic (exact) mass is 347 g/mol. The van der Waals surface area contributed by atoms with Crippen LogP contribution in [0.3, 0.4) is 0 Å². The van der Waals surface area contributed by atoms with Gasteiger partial charge in [0.1, 0.15) is 5.75 Å². The molecular weight excluding hydrogens is 326 g/mol. The lowest BCUT2D eigenvalue weighted by atomic mass is 10.2. The molecule has 1 saturated carbocycles. The van der Waals surface area contributed by atoms with Crippen LogP contribution < -0.4 is 15.9 Å². The Bertz CT molecular complexity index is 712. The van der Waals surface area contributed by atoms with Gasteiger partial charge in [-0.05, 0) is 37.5 Å². The van der Waals surface area contributed by atoms with Crippen LogP contribution in [0, 0.1) is 0 Å². The first-order valence-corrected chi connectivity index (χ1v) is 8.74. The number of benzene rings is 1. The molecule has 0 aliphatic heterocycles. The highest BCUT2D eigenvalue weighted by Crippen LogP contribution is 2.39. The maximum Gasteiger partial charge on any atom is 0.233 e. The molecule has 24 heavy (non-hydrogen) atoms. The van der Waals surface area contributed by atoms with Crippen molar-refractivity contribution < 1.29 is 9.53 Å². The minimum Gasteiger partial charge on any atom is -0.497 e. The van der Waals surface area contributed by atoms with Gasteiger partial charge < -0.3 is 15.9 Å². The van der Waals surface area contributed by atoms with E-state index >= 15 is 0 Å². The fourth-order valence-electron chi connectivity index (χ4n) is 2.28. The second-order valence-electron chi connectivity index (χ2n) is 5.81. The molecular formula is C16H21N5O2S. The lowest BCUT2D eigenvalue weighted by Gasteiger charge is -2.12. The Balaban J connectivity index is 1.52. The number of thioether (sulfide) groups is 1. The van der Waals surface area contributed by atoms with Crippen LogP contribution in [0.4, 0.5) is 0 Å². The van der Waals surface area contributed by atoms with Gasteiger partial charge in [-0.25, -0.2) is 4.68 Å². The van der Waals surface area contributed by atoms with E-state index in [2.05, 4.69) is 15.5 Å². The van der Waals surface area contributed by atoms with Crippen molar-refractivity contribution >= 4 is 17.7 Å². The summed E-state index contributed by atoms with van der Waals surface area (Å²) in [7, 11) is 1.63. The van der Waals surface area contributed by atoms with Crippen molar-refractivity contribution in [2.24, 2.45) is 0 Å². The van der Waals surface area contributed by atoms with Crippen molar-refractivity contribution in [2.45, 2.75) is 42.6 Å². The van der Waals surface area contributed by atoms with Crippen molar-refractivity contribution in [3.8, 4) is 5.75 Å². The van der Waals surface area contributed by atoms with E-state index in [1.165, 1.54) is 16.4 Å². The van der Waals surface area contributed by atoms with Crippen LogP contribution in [0.5, 0.6) is 5.75 Å². The summed E-state index contributed by atoms with van der Waals surface area (Å²) in [6.45, 7) is 2.30. The summed E-state index contributed by atoms with van der Waals surface area (Å²) in [4.78, 5) is 12.3. The smallest absolute Gasteiger partial charge is 0.233 e. The molecule has 1 amide bonds. The van der Waals surface area contributed by atoms with Crippen LogP contribution in [0.1, 0.15) is 37.1 Å². The van der Waals surface area contributed by atoms with E-state index in [9.17, 15) is 4.79 Å². The van der Waals surface area contributed by atoms with Gasteiger partial charge in [0.15, 0.2) is 5.82 Å². The summed E-state index contributed by atoms with van der Waals surface area (Å²) < 4.78 is 6.63. The predicted molar refractivity (Wildman–Crippen MR) is 92.3 cm³/mol. The van der Waals surface area contributed by atoms with Crippen molar-refractivity contribution in [1.82, 2.24) is 20.2 Å². The van der Waals surface area contributed by atoms with Gasteiger partial charge in [-0.2, -0.15) is 0 Å². The fourth-order valence-corrected chi connectivity index (χ4v) is 3.08. The van der Waals surface area contributed by atoms with E-state index in [-0.39, 0.29) is 11.2 Å². The molecule has 7 nitrogen and oxygen atoms in total. The number of ether oxygens (including phenoxy) is 1. The summed E-state index contributed by atoms with van der Waals surface area (Å²) in [6.07, 6.45) is 2.22. The number of nitrogens with one attached hydrogen (secondary N) is 1. The zero-order chi connectivity index (χ0) is 17.1. The number of amides is 1. The minimum atomic E-state index is -0.304. The normalized spacial score (nSPS) is 15.1. The molecule has 128 valence electrons. The molecule has 1 atom stereocenters. The first-order valence-electron chi connectivity index (χ1n) is 7.86. The zero-order valence-corrected chi connectivity index (χ0v) is 14.5. The number of nitrogens with two attached hydrogens (primary N) is 1. The summed E-state index contributed by atoms with van der Waals surface area (Å²) >= 11 is 1.32. The summed E-state index contributed by atoms with van der Waals surface area (Å²) in [5.41, 5.74) is 1.01. The number of nitrogens with zero attached hydrogens (tertiary/aromatic N) is 3. The van der Waals surface area contributed by atoms with E-state index < -0.39 is 0 Å². The number of hydrogen-bond donors (Lipinski definition) is 2. The Labute approximate surface area is 144 Å². The first-order chi connectivity index (χ1) is 11.6. The number of aromatic nitrogens is 3. The molecule has 1 aromatic heterocycles. The number of rotatable bonds is 7. The summed E-state index contributed by atoms with van der Waals surface area (Å²) in [5, 5.41) is 11.4. The fraction of sp³-hybridized carbons (Fsp3) is 0.438. The lowest BCUT2D eigenvalue weighted by molar-refractivity contribution is -0.120. The molecule has 1 aromatic carbocycles. The number of methoxy groups -OCH3 is 1. The van der Waals surface area contributed by atoms with Gasteiger partial charge in [-0.3, -0.25) is 4.79 Å². The summed E-state index contributed by atoms with van der Waals surface area (Å²) in [5.74, 6) is 7.98. The predicted octanol–water partition coefficient (Wildman–Crippen LogP) is 1.67. The second-order valence-corrected chi connectivity index (χ2v) is 7.12. The van der Waals surface area contributed by atoms with Gasteiger partial charge >= 0.3 is 0 Å². The molecule has 0 bridgehead atoms. The Morgan fingerprint density at radius 1 is 1.42 bits per heavy atom. The van der Waals surface area contributed by atoms with Crippen LogP contribution in [-0.2, 0) is 11.3 Å². The third-order valence-electron chi connectivity index (χ3n) is 3.91. The van der Waals surface area contributed by atoms with E-state index in [1.54, 1.807) is 7.11 Å². The average Bonchev–Trinajstić information content (AvgIpc) is 3.38. The van der Waals surface area contributed by atoms with Crippen LogP contribution in [0.2, 0.25) is 0 Å². The maximum absolute atomic E-state index is 12.3. The maximum atomic E-state index is 12.3. The molecule has 1 aliphatic carbocycles. The molecule has 0 radical (unpaired) electrons. The molecule has 2 aromatic rings. The van der Waals surface area contributed by atoms with Crippen molar-refractivity contribution in [2.75, 3.05) is 13.0 Å². The average molecular weight is 347 g/mol. The molecule has 1 fully saturated rings. The largest absolute Gasteiger partial charge is 0.497 e. The molecule has 0 unspecified atom stereocenters. The number of hydrogen-bond acceptors (Lipinski definition) is 6. The SMILES string of the molecule is COc1ccc(CNC(=O)[C@H](C)Sc2nnc(C3CC3)n2N)cc1.